The first kappa shape index (κ1) is 27.2. The van der Waals surface area contributed by atoms with E-state index in [4.69, 9.17) is 10.5 Å². The van der Waals surface area contributed by atoms with Crippen LogP contribution in [0, 0.1) is 23.4 Å². The Bertz CT molecular complexity index is 1330. The van der Waals surface area contributed by atoms with Crippen LogP contribution >= 0.6 is 0 Å². The van der Waals surface area contributed by atoms with Crippen LogP contribution in [0.3, 0.4) is 0 Å². The van der Waals surface area contributed by atoms with Crippen molar-refractivity contribution in [2.75, 3.05) is 31.2 Å². The number of pyridine rings is 2. The molecule has 1 aromatic carbocycles. The van der Waals surface area contributed by atoms with Crippen molar-refractivity contribution in [1.82, 2.24) is 9.97 Å². The van der Waals surface area contributed by atoms with Crippen molar-refractivity contribution >= 4 is 11.5 Å². The largest absolute Gasteiger partial charge is 0.391 e. The summed E-state index contributed by atoms with van der Waals surface area (Å²) in [7, 11) is 0. The van der Waals surface area contributed by atoms with E-state index in [2.05, 4.69) is 9.97 Å². The van der Waals surface area contributed by atoms with Crippen molar-refractivity contribution in [3.05, 3.63) is 77.0 Å². The van der Waals surface area contributed by atoms with Crippen LogP contribution in [0.15, 0.2) is 42.7 Å². The number of aliphatic hydroxyl groups excluding tert-OH is 1. The first-order valence-electron chi connectivity index (χ1n) is 13.1. The number of nitrogens with two attached hydrogens (primary N) is 1. The van der Waals surface area contributed by atoms with Gasteiger partial charge in [0.25, 0.3) is 0 Å². The van der Waals surface area contributed by atoms with Crippen LogP contribution in [-0.2, 0) is 11.2 Å². The van der Waals surface area contributed by atoms with E-state index >= 15 is 8.78 Å². The summed E-state index contributed by atoms with van der Waals surface area (Å²) in [4.78, 5) is 23.3. The number of ether oxygens (including phenoxy) is 1. The van der Waals surface area contributed by atoms with E-state index in [1.54, 1.807) is 17.3 Å². The third kappa shape index (κ3) is 5.68. The predicted molar refractivity (Wildman–Crippen MR) is 140 cm³/mol. The molecule has 1 aliphatic carbocycles. The molecule has 3 N–H and O–H groups in total. The van der Waals surface area contributed by atoms with Gasteiger partial charge in [-0.2, -0.15) is 0 Å². The summed E-state index contributed by atoms with van der Waals surface area (Å²) in [5, 5.41) is 10.2. The van der Waals surface area contributed by atoms with Crippen LogP contribution < -0.4 is 10.6 Å². The van der Waals surface area contributed by atoms with Crippen LogP contribution in [0.25, 0.3) is 11.3 Å². The minimum atomic E-state index is -0.966. The summed E-state index contributed by atoms with van der Waals surface area (Å²) in [6.45, 7) is 3.80. The molecule has 1 saturated heterocycles. The minimum Gasteiger partial charge on any atom is -0.391 e. The van der Waals surface area contributed by atoms with Crippen molar-refractivity contribution in [2.24, 2.45) is 11.7 Å². The average Bonchev–Trinajstić information content (AvgIpc) is 2.92. The predicted octanol–water partition coefficient (Wildman–Crippen LogP) is 4.02. The van der Waals surface area contributed by atoms with Gasteiger partial charge in [0.05, 0.1) is 24.9 Å². The number of nitrogens with zero attached hydrogens (tertiary/aromatic N) is 3. The average molecular weight is 541 g/mol. The molecule has 2 aliphatic rings. The number of hydrogen-bond acceptors (Lipinski definition) is 7. The first-order valence-corrected chi connectivity index (χ1v) is 13.1. The topological polar surface area (TPSA) is 102 Å². The lowest BCUT2D eigenvalue weighted by molar-refractivity contribution is 0.0519. The van der Waals surface area contributed by atoms with Gasteiger partial charge in [-0.05, 0) is 66.1 Å². The Morgan fingerprint density at radius 1 is 1.10 bits per heavy atom. The lowest BCUT2D eigenvalue weighted by atomic mass is 9.74. The summed E-state index contributed by atoms with van der Waals surface area (Å²) in [5.41, 5.74) is 6.77. The Labute approximate surface area is 224 Å². The van der Waals surface area contributed by atoms with E-state index in [1.807, 2.05) is 13.0 Å². The summed E-state index contributed by atoms with van der Waals surface area (Å²) in [6, 6.07) is 5.97. The van der Waals surface area contributed by atoms with Gasteiger partial charge in [0.1, 0.15) is 28.8 Å². The number of carbonyl (C=O) groups excluding carboxylic acids is 1. The monoisotopic (exact) mass is 540 g/mol. The van der Waals surface area contributed by atoms with E-state index < -0.39 is 40.6 Å². The molecule has 0 radical (unpaired) electrons. The number of aromatic nitrogens is 2. The van der Waals surface area contributed by atoms with Gasteiger partial charge in [-0.25, -0.2) is 18.2 Å². The van der Waals surface area contributed by atoms with Gasteiger partial charge in [0.15, 0.2) is 5.78 Å². The summed E-state index contributed by atoms with van der Waals surface area (Å²) < 4.78 is 50.4. The highest BCUT2D eigenvalue weighted by Crippen LogP contribution is 2.37. The first-order chi connectivity index (χ1) is 18.7. The van der Waals surface area contributed by atoms with Crippen molar-refractivity contribution in [3.8, 4) is 11.3 Å². The fourth-order valence-electron chi connectivity index (χ4n) is 5.64. The highest BCUT2D eigenvalue weighted by molar-refractivity contribution is 5.96. The van der Waals surface area contributed by atoms with Gasteiger partial charge in [0, 0.05) is 43.6 Å². The molecule has 2 aromatic heterocycles. The van der Waals surface area contributed by atoms with Gasteiger partial charge in [-0.15, -0.1) is 0 Å². The maximum Gasteiger partial charge on any atom is 0.185 e. The smallest absolute Gasteiger partial charge is 0.185 e. The number of carbonyl (C=O) groups is 1. The van der Waals surface area contributed by atoms with Crippen LogP contribution in [0.2, 0.25) is 0 Å². The maximum atomic E-state index is 15.1. The number of ketones is 1. The molecule has 0 amide bonds. The second-order valence-electron chi connectivity index (χ2n) is 10.4. The molecular formula is C29H31F3N4O3. The number of halogens is 3. The lowest BCUT2D eigenvalue weighted by Gasteiger charge is -2.36. The standard InChI is InChI=1S/C29H31F3N4O3/c1-16-10-17(11-24(33)29(16)38)20-4-5-34-15-18(20)12-26(37)25-3-2-21(30)28(35-25)27-22(31)13-19(14-23(27)32)36-6-8-39-9-7-36/h2-5,13-17,24,29,38H,6-12,33H2,1H3/t16-,17+,24+,29+/m0/s1. The SMILES string of the molecule is C[C@H]1C[C@@H](c2ccncc2CC(=O)c2ccc(F)c(-c3c(F)cc(N4CCOCC4)cc3F)n2)C[C@@H](N)[C@@H]1O. The Morgan fingerprint density at radius 3 is 2.51 bits per heavy atom. The molecule has 7 nitrogen and oxygen atoms in total. The molecule has 1 aliphatic heterocycles. The van der Waals surface area contributed by atoms with Crippen molar-refractivity contribution in [3.63, 3.8) is 0 Å². The Kier molecular flexibility index (Phi) is 7.97. The van der Waals surface area contributed by atoms with Gasteiger partial charge in [-0.1, -0.05) is 6.92 Å². The number of rotatable bonds is 6. The molecule has 10 heteroatoms. The molecular weight excluding hydrogens is 509 g/mol. The van der Waals surface area contributed by atoms with Crippen LogP contribution in [0.5, 0.6) is 0 Å². The van der Waals surface area contributed by atoms with Crippen molar-refractivity contribution in [2.45, 2.75) is 44.2 Å². The molecule has 3 heterocycles. The van der Waals surface area contributed by atoms with Crippen molar-refractivity contribution in [1.29, 1.82) is 0 Å². The minimum absolute atomic E-state index is 0.00350. The second-order valence-corrected chi connectivity index (χ2v) is 10.4. The second kappa shape index (κ2) is 11.4. The quantitative estimate of drug-likeness (QED) is 0.456. The van der Waals surface area contributed by atoms with E-state index in [-0.39, 0.29) is 30.0 Å². The Balaban J connectivity index is 1.41. The number of morpholine rings is 1. The normalized spacial score (nSPS) is 23.6. The molecule has 206 valence electrons. The third-order valence-corrected chi connectivity index (χ3v) is 7.74. The highest BCUT2D eigenvalue weighted by atomic mass is 19.1. The highest BCUT2D eigenvalue weighted by Gasteiger charge is 2.34. The number of benzene rings is 1. The van der Waals surface area contributed by atoms with Crippen LogP contribution in [0.4, 0.5) is 18.9 Å². The van der Waals surface area contributed by atoms with Gasteiger partial charge in [0.2, 0.25) is 0 Å². The molecule has 3 aromatic rings. The fraction of sp³-hybridized carbons (Fsp3) is 0.414. The number of hydrogen-bond donors (Lipinski definition) is 2. The third-order valence-electron chi connectivity index (χ3n) is 7.74. The molecule has 2 fully saturated rings. The summed E-state index contributed by atoms with van der Waals surface area (Å²) >= 11 is 0. The zero-order chi connectivity index (χ0) is 27.7. The van der Waals surface area contributed by atoms with E-state index in [9.17, 15) is 14.3 Å². The zero-order valence-corrected chi connectivity index (χ0v) is 21.6. The van der Waals surface area contributed by atoms with Gasteiger partial charge in [-0.3, -0.25) is 9.78 Å². The molecule has 0 unspecified atom stereocenters. The molecule has 0 bridgehead atoms. The van der Waals surface area contributed by atoms with Crippen molar-refractivity contribution < 1.29 is 27.8 Å². The van der Waals surface area contributed by atoms with Crippen LogP contribution in [0.1, 0.15) is 47.3 Å². The molecule has 5 rings (SSSR count). The summed E-state index contributed by atoms with van der Waals surface area (Å²) in [5.74, 6) is -3.27. The molecule has 39 heavy (non-hydrogen) atoms. The maximum absolute atomic E-state index is 15.1. The molecule has 4 atom stereocenters. The van der Waals surface area contributed by atoms with E-state index in [1.165, 1.54) is 6.07 Å². The molecule has 0 spiro atoms. The number of Topliss-reactive ketones (excluding diaryl/α,β-unsaturated/α-hetero) is 1. The van der Waals surface area contributed by atoms with Crippen LogP contribution in [-0.4, -0.2) is 59.3 Å². The summed E-state index contributed by atoms with van der Waals surface area (Å²) in [6.07, 6.45) is 3.85. The molecule has 1 saturated carbocycles. The number of aliphatic hydroxyl groups is 1. The zero-order valence-electron chi connectivity index (χ0n) is 21.6. The van der Waals surface area contributed by atoms with Gasteiger partial charge >= 0.3 is 0 Å². The number of anilines is 1. The Hall–Kier alpha value is -3.34. The van der Waals surface area contributed by atoms with Gasteiger partial charge < -0.3 is 20.5 Å². The van der Waals surface area contributed by atoms with E-state index in [0.717, 1.165) is 23.8 Å². The van der Waals surface area contributed by atoms with E-state index in [0.29, 0.717) is 50.4 Å². The lowest BCUT2D eigenvalue weighted by Crippen LogP contribution is -2.44. The fourth-order valence-corrected chi connectivity index (χ4v) is 5.64. The Morgan fingerprint density at radius 2 is 1.82 bits per heavy atom.